The Morgan fingerprint density at radius 2 is 1.92 bits per heavy atom. The van der Waals surface area contributed by atoms with E-state index in [4.69, 9.17) is 4.74 Å². The van der Waals surface area contributed by atoms with Crippen LogP contribution in [0.15, 0.2) is 59.8 Å². The lowest BCUT2D eigenvalue weighted by Crippen LogP contribution is -2.19. The maximum Gasteiger partial charge on any atom is 0.275 e. The van der Waals surface area contributed by atoms with Gasteiger partial charge in [0.2, 0.25) is 0 Å². The average molecular weight is 321 g/mol. The second-order valence-electron chi connectivity index (χ2n) is 5.65. The fourth-order valence-corrected chi connectivity index (χ4v) is 2.43. The number of carbonyl (C=O) groups is 1. The molecule has 0 aliphatic rings. The number of amides is 1. The van der Waals surface area contributed by atoms with Gasteiger partial charge in [-0.2, -0.15) is 5.10 Å². The molecule has 3 aromatic rings. The van der Waals surface area contributed by atoms with E-state index in [-0.39, 0.29) is 12.0 Å². The molecule has 1 aromatic heterocycles. The Balaban J connectivity index is 1.74. The van der Waals surface area contributed by atoms with Gasteiger partial charge in [-0.15, -0.1) is 0 Å². The molecule has 24 heavy (non-hydrogen) atoms. The summed E-state index contributed by atoms with van der Waals surface area (Å²) in [5.41, 5.74) is 4.96. The van der Waals surface area contributed by atoms with Crippen molar-refractivity contribution in [2.75, 3.05) is 0 Å². The van der Waals surface area contributed by atoms with Gasteiger partial charge >= 0.3 is 0 Å². The lowest BCUT2D eigenvalue weighted by Gasteiger charge is -2.12. The summed E-state index contributed by atoms with van der Waals surface area (Å²) in [5.74, 6) is 0.245. The van der Waals surface area contributed by atoms with E-state index in [2.05, 4.69) is 15.5 Å². The van der Waals surface area contributed by atoms with Crippen molar-refractivity contribution in [2.24, 2.45) is 5.10 Å². The minimum absolute atomic E-state index is 0.00586. The first kappa shape index (κ1) is 15.8. The molecule has 3 rings (SSSR count). The van der Waals surface area contributed by atoms with Crippen LogP contribution < -0.4 is 10.2 Å². The minimum Gasteiger partial charge on any atom is -0.490 e. The highest BCUT2D eigenvalue weighted by Crippen LogP contribution is 2.19. The number of para-hydroxylation sites is 2. The van der Waals surface area contributed by atoms with E-state index in [0.29, 0.717) is 11.3 Å². The first-order valence-corrected chi connectivity index (χ1v) is 7.80. The number of carbonyl (C=O) groups excluding carboxylic acids is 1. The molecule has 5 heteroatoms. The Labute approximate surface area is 140 Å². The van der Waals surface area contributed by atoms with Gasteiger partial charge in [-0.1, -0.05) is 30.3 Å². The molecule has 5 nitrogen and oxygen atoms in total. The number of ether oxygens (including phenoxy) is 1. The summed E-state index contributed by atoms with van der Waals surface area (Å²) in [5, 5.41) is 5.12. The Morgan fingerprint density at radius 1 is 1.17 bits per heavy atom. The number of H-pyrrole nitrogens is 1. The Morgan fingerprint density at radius 3 is 2.75 bits per heavy atom. The standard InChI is InChI=1S/C19H19N3O2/c1-13(2)24-18-10-6-4-8-16(18)19(23)22-21-12-14-11-20-17-9-5-3-7-15(14)17/h3-13,20H,1-2H3,(H,22,23)/b21-12+. The molecule has 2 N–H and O–H groups in total. The van der Waals surface area contributed by atoms with Crippen LogP contribution in [0.3, 0.4) is 0 Å². The molecule has 0 aliphatic carbocycles. The smallest absolute Gasteiger partial charge is 0.275 e. The molecule has 2 aromatic carbocycles. The van der Waals surface area contributed by atoms with Crippen molar-refractivity contribution in [2.45, 2.75) is 20.0 Å². The first-order valence-electron chi connectivity index (χ1n) is 7.80. The molecule has 1 amide bonds. The van der Waals surface area contributed by atoms with Crippen molar-refractivity contribution in [3.8, 4) is 5.75 Å². The molecule has 0 radical (unpaired) electrons. The number of nitrogens with zero attached hydrogens (tertiary/aromatic N) is 1. The Kier molecular flexibility index (Phi) is 4.61. The summed E-state index contributed by atoms with van der Waals surface area (Å²) >= 11 is 0. The van der Waals surface area contributed by atoms with Crippen LogP contribution in [0, 0.1) is 0 Å². The van der Waals surface area contributed by atoms with Gasteiger partial charge in [0.15, 0.2) is 0 Å². The molecule has 0 spiro atoms. The normalized spacial score (nSPS) is 11.3. The van der Waals surface area contributed by atoms with Gasteiger partial charge in [-0.3, -0.25) is 4.79 Å². The SMILES string of the molecule is CC(C)Oc1ccccc1C(=O)N/N=C/c1c[nH]c2ccccc12. The van der Waals surface area contributed by atoms with Gasteiger partial charge < -0.3 is 9.72 Å². The van der Waals surface area contributed by atoms with Gasteiger partial charge in [-0.25, -0.2) is 5.43 Å². The number of benzene rings is 2. The zero-order chi connectivity index (χ0) is 16.9. The predicted molar refractivity (Wildman–Crippen MR) is 95.6 cm³/mol. The van der Waals surface area contributed by atoms with Gasteiger partial charge in [-0.05, 0) is 32.0 Å². The van der Waals surface area contributed by atoms with Crippen LogP contribution in [0.4, 0.5) is 0 Å². The van der Waals surface area contributed by atoms with E-state index >= 15 is 0 Å². The summed E-state index contributed by atoms with van der Waals surface area (Å²) in [7, 11) is 0. The van der Waals surface area contributed by atoms with Crippen molar-refractivity contribution >= 4 is 23.0 Å². The highest BCUT2D eigenvalue weighted by Gasteiger charge is 2.12. The summed E-state index contributed by atoms with van der Waals surface area (Å²) in [4.78, 5) is 15.5. The third-order valence-corrected chi connectivity index (χ3v) is 3.49. The van der Waals surface area contributed by atoms with Crippen LogP contribution in [0.2, 0.25) is 0 Å². The fourth-order valence-electron chi connectivity index (χ4n) is 2.43. The van der Waals surface area contributed by atoms with Gasteiger partial charge in [0.05, 0.1) is 17.9 Å². The van der Waals surface area contributed by atoms with E-state index in [9.17, 15) is 4.79 Å². The van der Waals surface area contributed by atoms with E-state index < -0.39 is 0 Å². The molecule has 0 atom stereocenters. The third-order valence-electron chi connectivity index (χ3n) is 3.49. The number of nitrogens with one attached hydrogen (secondary N) is 2. The molecule has 0 saturated heterocycles. The zero-order valence-corrected chi connectivity index (χ0v) is 13.6. The monoisotopic (exact) mass is 321 g/mol. The van der Waals surface area contributed by atoms with Crippen LogP contribution in [0.1, 0.15) is 29.8 Å². The second kappa shape index (κ2) is 7.00. The van der Waals surface area contributed by atoms with Crippen LogP contribution in [-0.2, 0) is 0 Å². The number of hydrazone groups is 1. The third kappa shape index (κ3) is 3.46. The summed E-state index contributed by atoms with van der Waals surface area (Å²) < 4.78 is 5.66. The van der Waals surface area contributed by atoms with Crippen molar-refractivity contribution in [1.82, 2.24) is 10.4 Å². The average Bonchev–Trinajstić information content (AvgIpc) is 2.98. The number of rotatable bonds is 5. The zero-order valence-electron chi connectivity index (χ0n) is 13.6. The molecular formula is C19H19N3O2. The maximum absolute atomic E-state index is 12.3. The number of hydrogen-bond donors (Lipinski definition) is 2. The quantitative estimate of drug-likeness (QED) is 0.555. The topological polar surface area (TPSA) is 66.5 Å². The molecule has 0 aliphatic heterocycles. The van der Waals surface area contributed by atoms with Crippen LogP contribution in [0.25, 0.3) is 10.9 Å². The van der Waals surface area contributed by atoms with E-state index in [1.165, 1.54) is 0 Å². The summed E-state index contributed by atoms with van der Waals surface area (Å²) in [6.07, 6.45) is 3.48. The van der Waals surface area contributed by atoms with Crippen LogP contribution in [-0.4, -0.2) is 23.2 Å². The van der Waals surface area contributed by atoms with Crippen molar-refractivity contribution in [3.63, 3.8) is 0 Å². The van der Waals surface area contributed by atoms with Crippen LogP contribution >= 0.6 is 0 Å². The number of aromatic nitrogens is 1. The molecule has 0 saturated carbocycles. The van der Waals surface area contributed by atoms with Crippen molar-refractivity contribution in [3.05, 3.63) is 65.9 Å². The van der Waals surface area contributed by atoms with E-state index in [1.54, 1.807) is 24.4 Å². The molecule has 0 fully saturated rings. The highest BCUT2D eigenvalue weighted by atomic mass is 16.5. The maximum atomic E-state index is 12.3. The van der Waals surface area contributed by atoms with Gasteiger partial charge in [0.1, 0.15) is 5.75 Å². The van der Waals surface area contributed by atoms with Crippen molar-refractivity contribution in [1.29, 1.82) is 0 Å². The minimum atomic E-state index is -0.303. The van der Waals surface area contributed by atoms with Crippen LogP contribution in [0.5, 0.6) is 5.75 Å². The van der Waals surface area contributed by atoms with Gasteiger partial charge in [0, 0.05) is 22.7 Å². The fraction of sp³-hybridized carbons (Fsp3) is 0.158. The summed E-state index contributed by atoms with van der Waals surface area (Å²) in [6, 6.07) is 15.0. The lowest BCUT2D eigenvalue weighted by molar-refractivity contribution is 0.0949. The predicted octanol–water partition coefficient (Wildman–Crippen LogP) is 3.72. The first-order chi connectivity index (χ1) is 11.6. The number of hydrogen-bond acceptors (Lipinski definition) is 3. The molecule has 0 unspecified atom stereocenters. The lowest BCUT2D eigenvalue weighted by atomic mass is 10.2. The molecular weight excluding hydrogens is 302 g/mol. The van der Waals surface area contributed by atoms with Gasteiger partial charge in [0.25, 0.3) is 5.91 Å². The highest BCUT2D eigenvalue weighted by molar-refractivity contribution is 6.00. The molecule has 1 heterocycles. The second-order valence-corrected chi connectivity index (χ2v) is 5.65. The Hall–Kier alpha value is -3.08. The number of aromatic amines is 1. The largest absolute Gasteiger partial charge is 0.490 e. The molecule has 0 bridgehead atoms. The number of fused-ring (bicyclic) bond motifs is 1. The molecule has 122 valence electrons. The van der Waals surface area contributed by atoms with E-state index in [0.717, 1.165) is 16.5 Å². The Bertz CT molecular complexity index is 881. The van der Waals surface area contributed by atoms with E-state index in [1.807, 2.05) is 50.4 Å². The summed E-state index contributed by atoms with van der Waals surface area (Å²) in [6.45, 7) is 3.84. The van der Waals surface area contributed by atoms with Crippen molar-refractivity contribution < 1.29 is 9.53 Å².